The largest absolute Gasteiger partial charge is 0.377 e. The molecule has 0 aromatic heterocycles. The second-order valence-electron chi connectivity index (χ2n) is 2.77. The van der Waals surface area contributed by atoms with Gasteiger partial charge in [-0.05, 0) is 12.3 Å². The van der Waals surface area contributed by atoms with Gasteiger partial charge in [0.15, 0.2) is 0 Å². The van der Waals surface area contributed by atoms with Gasteiger partial charge in [0, 0.05) is 5.92 Å². The highest BCUT2D eigenvalue weighted by atomic mass is 16.5. The molecule has 0 N–H and O–H groups in total. The molecule has 2 rings (SSSR count). The predicted octanol–water partition coefficient (Wildman–Crippen LogP) is 1.04. The summed E-state index contributed by atoms with van der Waals surface area (Å²) in [5.41, 5.74) is 0. The molecule has 0 spiro atoms. The monoisotopic (exact) mass is 98.1 g/mol. The van der Waals surface area contributed by atoms with E-state index in [2.05, 4.69) is 6.92 Å². The fraction of sp³-hybridized carbons (Fsp3) is 1.00. The summed E-state index contributed by atoms with van der Waals surface area (Å²) in [7, 11) is 0. The van der Waals surface area contributed by atoms with Crippen LogP contribution >= 0.6 is 0 Å². The molecule has 1 heteroatoms. The van der Waals surface area contributed by atoms with Crippen LogP contribution in [-0.2, 0) is 4.74 Å². The first kappa shape index (κ1) is 3.90. The van der Waals surface area contributed by atoms with Gasteiger partial charge in [0.1, 0.15) is 0 Å². The van der Waals surface area contributed by atoms with E-state index in [-0.39, 0.29) is 0 Å². The van der Waals surface area contributed by atoms with Crippen molar-refractivity contribution in [3.8, 4) is 0 Å². The van der Waals surface area contributed by atoms with Crippen LogP contribution in [0.4, 0.5) is 0 Å². The minimum atomic E-state index is 0.681. The van der Waals surface area contributed by atoms with E-state index in [1.54, 1.807) is 0 Å². The maximum atomic E-state index is 5.24. The Balaban J connectivity index is 1.99. The Morgan fingerprint density at radius 3 is 2.43 bits per heavy atom. The van der Waals surface area contributed by atoms with Gasteiger partial charge < -0.3 is 4.74 Å². The van der Waals surface area contributed by atoms with Crippen molar-refractivity contribution >= 4 is 0 Å². The third-order valence-corrected chi connectivity index (χ3v) is 2.20. The van der Waals surface area contributed by atoms with E-state index in [0.29, 0.717) is 6.10 Å². The molecule has 2 aliphatic rings. The van der Waals surface area contributed by atoms with E-state index in [1.165, 1.54) is 6.42 Å². The Morgan fingerprint density at radius 1 is 1.57 bits per heavy atom. The Labute approximate surface area is 43.7 Å². The molecule has 1 saturated carbocycles. The van der Waals surface area contributed by atoms with Gasteiger partial charge in [0.2, 0.25) is 0 Å². The average Bonchev–Trinajstić information content (AvgIpc) is 1.59. The third kappa shape index (κ3) is 0.325. The van der Waals surface area contributed by atoms with Crippen molar-refractivity contribution in [3.05, 3.63) is 0 Å². The first-order chi connectivity index (χ1) is 3.38. The lowest BCUT2D eigenvalue weighted by molar-refractivity contribution is -0.208. The lowest BCUT2D eigenvalue weighted by Gasteiger charge is -2.51. The Hall–Kier alpha value is -0.0400. The second kappa shape index (κ2) is 1.03. The van der Waals surface area contributed by atoms with Crippen LogP contribution in [0.2, 0.25) is 0 Å². The van der Waals surface area contributed by atoms with E-state index >= 15 is 0 Å². The molecule has 3 atom stereocenters. The number of ether oxygens (including phenoxy) is 1. The summed E-state index contributed by atoms with van der Waals surface area (Å²) in [6.07, 6.45) is 2.10. The zero-order valence-electron chi connectivity index (χ0n) is 4.55. The normalized spacial score (nSPS) is 57.0. The van der Waals surface area contributed by atoms with Gasteiger partial charge in [-0.15, -0.1) is 0 Å². The molecule has 1 saturated heterocycles. The maximum absolute atomic E-state index is 5.24. The molecule has 1 heterocycles. The predicted molar refractivity (Wildman–Crippen MR) is 27.0 cm³/mol. The fourth-order valence-electron chi connectivity index (χ4n) is 1.59. The van der Waals surface area contributed by atoms with Crippen molar-refractivity contribution in [1.29, 1.82) is 0 Å². The van der Waals surface area contributed by atoms with Gasteiger partial charge in [-0.3, -0.25) is 0 Å². The minimum Gasteiger partial charge on any atom is -0.377 e. The van der Waals surface area contributed by atoms with Gasteiger partial charge in [-0.1, -0.05) is 6.92 Å². The quantitative estimate of drug-likeness (QED) is 0.440. The molecule has 2 fully saturated rings. The lowest BCUT2D eigenvalue weighted by Crippen LogP contribution is -2.54. The zero-order valence-corrected chi connectivity index (χ0v) is 4.55. The second-order valence-corrected chi connectivity index (χ2v) is 2.77. The highest BCUT2D eigenvalue weighted by Crippen LogP contribution is 2.43. The number of rotatable bonds is 0. The lowest BCUT2D eigenvalue weighted by atomic mass is 9.70. The number of hydrogen-bond donors (Lipinski definition) is 0. The van der Waals surface area contributed by atoms with Crippen molar-refractivity contribution in [3.63, 3.8) is 0 Å². The summed E-state index contributed by atoms with van der Waals surface area (Å²) in [5, 5.41) is 0. The van der Waals surface area contributed by atoms with Crippen LogP contribution in [0.5, 0.6) is 0 Å². The summed E-state index contributed by atoms with van der Waals surface area (Å²) in [6.45, 7) is 3.31. The first-order valence-corrected chi connectivity index (χ1v) is 2.99. The molecule has 1 aliphatic carbocycles. The summed E-state index contributed by atoms with van der Waals surface area (Å²) in [4.78, 5) is 0. The van der Waals surface area contributed by atoms with Crippen LogP contribution in [0.1, 0.15) is 13.3 Å². The average molecular weight is 98.1 g/mol. The van der Waals surface area contributed by atoms with Gasteiger partial charge in [0.25, 0.3) is 0 Å². The first-order valence-electron chi connectivity index (χ1n) is 2.99. The van der Waals surface area contributed by atoms with Crippen LogP contribution in [0, 0.1) is 11.8 Å². The highest BCUT2D eigenvalue weighted by molar-refractivity contribution is 4.93. The standard InChI is InChI=1S/C6H10O/c1-4-2-5-3-7-6(4)5/h4-6H,2-3H2,1H3/t4-,5-,6-/m0/s1. The molecular formula is C6H10O. The fourth-order valence-corrected chi connectivity index (χ4v) is 1.59. The molecule has 40 valence electrons. The summed E-state index contributed by atoms with van der Waals surface area (Å²) in [5.74, 6) is 1.84. The summed E-state index contributed by atoms with van der Waals surface area (Å²) < 4.78 is 5.24. The zero-order chi connectivity index (χ0) is 4.85. The maximum Gasteiger partial charge on any atom is 0.0651 e. The van der Waals surface area contributed by atoms with E-state index in [9.17, 15) is 0 Å². The van der Waals surface area contributed by atoms with Crippen molar-refractivity contribution < 1.29 is 4.74 Å². The molecule has 0 aromatic carbocycles. The smallest absolute Gasteiger partial charge is 0.0651 e. The molecule has 0 bridgehead atoms. The molecule has 0 radical (unpaired) electrons. The third-order valence-electron chi connectivity index (χ3n) is 2.20. The Kier molecular flexibility index (Phi) is 0.571. The molecule has 1 nitrogen and oxygen atoms in total. The Bertz CT molecular complexity index is 86.2. The molecule has 0 amide bonds. The van der Waals surface area contributed by atoms with Gasteiger partial charge in [-0.25, -0.2) is 0 Å². The van der Waals surface area contributed by atoms with Crippen LogP contribution < -0.4 is 0 Å². The SMILES string of the molecule is C[C@H]1C[C@H]2CO[C@H]21. The topological polar surface area (TPSA) is 9.23 Å². The highest BCUT2D eigenvalue weighted by Gasteiger charge is 2.45. The van der Waals surface area contributed by atoms with Crippen molar-refractivity contribution in [2.24, 2.45) is 11.8 Å². The van der Waals surface area contributed by atoms with E-state index in [4.69, 9.17) is 4.74 Å². The number of fused-ring (bicyclic) bond motifs is 1. The van der Waals surface area contributed by atoms with Crippen LogP contribution in [0.25, 0.3) is 0 Å². The van der Waals surface area contributed by atoms with Gasteiger partial charge in [-0.2, -0.15) is 0 Å². The number of hydrogen-bond acceptors (Lipinski definition) is 1. The molecule has 1 aliphatic heterocycles. The van der Waals surface area contributed by atoms with Crippen LogP contribution in [-0.4, -0.2) is 12.7 Å². The minimum absolute atomic E-state index is 0.681. The van der Waals surface area contributed by atoms with Crippen molar-refractivity contribution in [2.75, 3.05) is 6.61 Å². The van der Waals surface area contributed by atoms with Gasteiger partial charge in [0.05, 0.1) is 12.7 Å². The summed E-state index contributed by atoms with van der Waals surface area (Å²) >= 11 is 0. The van der Waals surface area contributed by atoms with Crippen molar-refractivity contribution in [2.45, 2.75) is 19.4 Å². The molecular weight excluding hydrogens is 88.1 g/mol. The van der Waals surface area contributed by atoms with E-state index in [0.717, 1.165) is 18.4 Å². The van der Waals surface area contributed by atoms with Crippen LogP contribution in [0.3, 0.4) is 0 Å². The van der Waals surface area contributed by atoms with Crippen molar-refractivity contribution in [1.82, 2.24) is 0 Å². The molecule has 0 unspecified atom stereocenters. The van der Waals surface area contributed by atoms with Gasteiger partial charge >= 0.3 is 0 Å². The Morgan fingerprint density at radius 2 is 2.43 bits per heavy atom. The molecule has 7 heavy (non-hydrogen) atoms. The van der Waals surface area contributed by atoms with E-state index < -0.39 is 0 Å². The van der Waals surface area contributed by atoms with Crippen LogP contribution in [0.15, 0.2) is 0 Å². The summed E-state index contributed by atoms with van der Waals surface area (Å²) in [6, 6.07) is 0. The molecule has 0 aromatic rings. The van der Waals surface area contributed by atoms with E-state index in [1.807, 2.05) is 0 Å².